The van der Waals surface area contributed by atoms with Gasteiger partial charge in [-0.15, -0.1) is 0 Å². The van der Waals surface area contributed by atoms with Gasteiger partial charge in [0.05, 0.1) is 10.0 Å². The molecule has 1 aromatic carbocycles. The molecule has 2 aliphatic rings. The molecule has 4 nitrogen and oxygen atoms in total. The summed E-state index contributed by atoms with van der Waals surface area (Å²) in [5.74, 6) is -0.152. The quantitative estimate of drug-likeness (QED) is 0.845. The van der Waals surface area contributed by atoms with Crippen molar-refractivity contribution in [3.63, 3.8) is 0 Å². The van der Waals surface area contributed by atoms with Crippen LogP contribution in [0.25, 0.3) is 0 Å². The molecule has 2 fully saturated rings. The van der Waals surface area contributed by atoms with Crippen molar-refractivity contribution in [1.82, 2.24) is 4.90 Å². The molecule has 1 N–H and O–H groups in total. The number of carbonyl (C=O) groups is 2. The van der Waals surface area contributed by atoms with Crippen LogP contribution in [0.5, 0.6) is 0 Å². The third-order valence-corrected chi connectivity index (χ3v) is 5.92. The average Bonchev–Trinajstić information content (AvgIpc) is 3.35. The summed E-state index contributed by atoms with van der Waals surface area (Å²) in [5, 5.41) is 9.90. The van der Waals surface area contributed by atoms with Crippen molar-refractivity contribution in [2.75, 3.05) is 13.1 Å². The van der Waals surface area contributed by atoms with Gasteiger partial charge in [0.1, 0.15) is 0 Å². The Hall–Kier alpha value is -1.26. The molecule has 1 aliphatic carbocycles. The molecule has 6 heteroatoms. The van der Waals surface area contributed by atoms with E-state index in [-0.39, 0.29) is 24.2 Å². The van der Waals surface area contributed by atoms with Crippen LogP contribution in [0.15, 0.2) is 18.2 Å². The molecule has 1 saturated heterocycles. The molecule has 1 heterocycles. The average molecular weight is 370 g/mol. The van der Waals surface area contributed by atoms with Gasteiger partial charge in [0.25, 0.3) is 0 Å². The summed E-state index contributed by atoms with van der Waals surface area (Å²) >= 11 is 12.3. The predicted molar refractivity (Wildman–Crippen MR) is 93.5 cm³/mol. The van der Waals surface area contributed by atoms with Crippen LogP contribution in [-0.4, -0.2) is 35.0 Å². The predicted octanol–water partition coefficient (Wildman–Crippen LogP) is 4.20. The number of carboxylic acids is 1. The molecule has 1 aromatic rings. The first-order valence-electron chi connectivity index (χ1n) is 8.42. The zero-order valence-corrected chi connectivity index (χ0v) is 14.9. The number of hydrogen-bond acceptors (Lipinski definition) is 2. The molecule has 1 amide bonds. The van der Waals surface area contributed by atoms with E-state index in [2.05, 4.69) is 0 Å². The molecule has 1 saturated carbocycles. The maximum absolute atomic E-state index is 12.8. The Bertz CT molecular complexity index is 649. The number of hydrogen-bond donors (Lipinski definition) is 1. The minimum atomic E-state index is -0.767. The van der Waals surface area contributed by atoms with Gasteiger partial charge in [-0.3, -0.25) is 9.59 Å². The van der Waals surface area contributed by atoms with Crippen molar-refractivity contribution in [2.45, 2.75) is 38.0 Å². The fourth-order valence-electron chi connectivity index (χ4n) is 3.68. The Kier molecular flexibility index (Phi) is 5.36. The lowest BCUT2D eigenvalue weighted by Crippen LogP contribution is -2.41. The Labute approximate surface area is 151 Å². The van der Waals surface area contributed by atoms with Crippen LogP contribution in [0.2, 0.25) is 10.0 Å². The zero-order chi connectivity index (χ0) is 17.3. The highest BCUT2D eigenvalue weighted by molar-refractivity contribution is 6.42. The monoisotopic (exact) mass is 369 g/mol. The summed E-state index contributed by atoms with van der Waals surface area (Å²) in [6.45, 7) is 1.45. The van der Waals surface area contributed by atoms with E-state index in [0.717, 1.165) is 31.4 Å². The number of aliphatic carboxylic acids is 1. The summed E-state index contributed by atoms with van der Waals surface area (Å²) in [7, 11) is 0. The molecule has 3 rings (SSSR count). The Morgan fingerprint density at radius 3 is 2.83 bits per heavy atom. The molecule has 3 unspecified atom stereocenters. The number of likely N-dealkylation sites (tertiary alicyclic amines) is 1. The minimum absolute atomic E-state index is 0.0146. The molecule has 0 bridgehead atoms. The summed E-state index contributed by atoms with van der Waals surface area (Å²) < 4.78 is 0. The van der Waals surface area contributed by atoms with Crippen LogP contribution < -0.4 is 0 Å². The lowest BCUT2D eigenvalue weighted by Gasteiger charge is -2.33. The summed E-state index contributed by atoms with van der Waals surface area (Å²) in [6.07, 6.45) is 3.59. The highest BCUT2D eigenvalue weighted by Gasteiger charge is 2.47. The first-order chi connectivity index (χ1) is 11.5. The second-order valence-electron chi connectivity index (χ2n) is 6.82. The standard InChI is InChI=1S/C18H21Cl2NO3/c19-15-5-1-4-12(17(15)20)13-9-14(13)18(24)21-8-2-3-11(10-21)6-7-16(22)23/h1,4-5,11,13-14H,2-3,6-10H2,(H,22,23). The van der Waals surface area contributed by atoms with E-state index in [1.54, 1.807) is 6.07 Å². The highest BCUT2D eigenvalue weighted by Crippen LogP contribution is 2.51. The van der Waals surface area contributed by atoms with E-state index in [1.165, 1.54) is 0 Å². The fraction of sp³-hybridized carbons (Fsp3) is 0.556. The number of piperidine rings is 1. The van der Waals surface area contributed by atoms with Gasteiger partial charge in [0.2, 0.25) is 5.91 Å². The molecule has 0 aromatic heterocycles. The van der Waals surface area contributed by atoms with E-state index in [1.807, 2.05) is 17.0 Å². The van der Waals surface area contributed by atoms with E-state index in [0.29, 0.717) is 28.9 Å². The van der Waals surface area contributed by atoms with Crippen molar-refractivity contribution in [1.29, 1.82) is 0 Å². The lowest BCUT2D eigenvalue weighted by atomic mass is 9.93. The van der Waals surface area contributed by atoms with E-state index < -0.39 is 5.97 Å². The summed E-state index contributed by atoms with van der Waals surface area (Å²) in [5.41, 5.74) is 0.960. The largest absolute Gasteiger partial charge is 0.481 e. The van der Waals surface area contributed by atoms with Crippen LogP contribution in [0.3, 0.4) is 0 Å². The fourth-order valence-corrected chi connectivity index (χ4v) is 4.13. The summed E-state index contributed by atoms with van der Waals surface area (Å²) in [4.78, 5) is 25.4. The molecule has 0 radical (unpaired) electrons. The summed E-state index contributed by atoms with van der Waals surface area (Å²) in [6, 6.07) is 5.56. The van der Waals surface area contributed by atoms with E-state index >= 15 is 0 Å². The maximum atomic E-state index is 12.8. The Morgan fingerprint density at radius 2 is 2.08 bits per heavy atom. The Morgan fingerprint density at radius 1 is 1.29 bits per heavy atom. The van der Waals surface area contributed by atoms with Gasteiger partial charge in [0, 0.05) is 25.4 Å². The topological polar surface area (TPSA) is 57.6 Å². The lowest BCUT2D eigenvalue weighted by molar-refractivity contribution is -0.137. The molecule has 3 atom stereocenters. The van der Waals surface area contributed by atoms with Crippen LogP contribution in [0.4, 0.5) is 0 Å². The second-order valence-corrected chi connectivity index (χ2v) is 7.60. The smallest absolute Gasteiger partial charge is 0.303 e. The number of carbonyl (C=O) groups excluding carboxylic acids is 1. The molecular weight excluding hydrogens is 349 g/mol. The number of amides is 1. The van der Waals surface area contributed by atoms with Gasteiger partial charge in [-0.05, 0) is 49.1 Å². The van der Waals surface area contributed by atoms with Gasteiger partial charge in [-0.25, -0.2) is 0 Å². The molecular formula is C18H21Cl2NO3. The van der Waals surface area contributed by atoms with E-state index in [4.69, 9.17) is 28.3 Å². The Balaban J connectivity index is 1.59. The van der Waals surface area contributed by atoms with Crippen LogP contribution in [0, 0.1) is 11.8 Å². The third-order valence-electron chi connectivity index (χ3n) is 5.09. The van der Waals surface area contributed by atoms with Crippen molar-refractivity contribution >= 4 is 35.1 Å². The normalized spacial score (nSPS) is 26.2. The van der Waals surface area contributed by atoms with Crippen molar-refractivity contribution in [3.05, 3.63) is 33.8 Å². The van der Waals surface area contributed by atoms with Gasteiger partial charge in [-0.2, -0.15) is 0 Å². The number of benzene rings is 1. The van der Waals surface area contributed by atoms with Gasteiger partial charge in [0.15, 0.2) is 0 Å². The van der Waals surface area contributed by atoms with Gasteiger partial charge < -0.3 is 10.0 Å². The van der Waals surface area contributed by atoms with Crippen LogP contribution >= 0.6 is 23.2 Å². The first kappa shape index (κ1) is 17.6. The van der Waals surface area contributed by atoms with Crippen molar-refractivity contribution < 1.29 is 14.7 Å². The van der Waals surface area contributed by atoms with Gasteiger partial charge in [-0.1, -0.05) is 35.3 Å². The zero-order valence-electron chi connectivity index (χ0n) is 13.4. The molecule has 1 aliphatic heterocycles. The van der Waals surface area contributed by atoms with Crippen LogP contribution in [-0.2, 0) is 9.59 Å². The molecule has 130 valence electrons. The minimum Gasteiger partial charge on any atom is -0.481 e. The molecule has 24 heavy (non-hydrogen) atoms. The SMILES string of the molecule is O=C(O)CCC1CCCN(C(=O)C2CC2c2cccc(Cl)c2Cl)C1. The number of nitrogens with zero attached hydrogens (tertiary/aromatic N) is 1. The molecule has 0 spiro atoms. The van der Waals surface area contributed by atoms with Crippen molar-refractivity contribution in [3.8, 4) is 0 Å². The number of carboxylic acid groups (broad SMARTS) is 1. The maximum Gasteiger partial charge on any atom is 0.303 e. The number of halogens is 2. The highest BCUT2D eigenvalue weighted by atomic mass is 35.5. The van der Waals surface area contributed by atoms with Gasteiger partial charge >= 0.3 is 5.97 Å². The van der Waals surface area contributed by atoms with E-state index in [9.17, 15) is 9.59 Å². The van der Waals surface area contributed by atoms with Crippen LogP contribution in [0.1, 0.15) is 43.6 Å². The third kappa shape index (κ3) is 3.86. The second kappa shape index (κ2) is 7.32. The number of rotatable bonds is 5. The first-order valence-corrected chi connectivity index (χ1v) is 9.17. The van der Waals surface area contributed by atoms with Crippen molar-refractivity contribution in [2.24, 2.45) is 11.8 Å².